The number of fused-ring (bicyclic) bond motifs is 6. The number of aromatic nitrogens is 1. The number of aryl methyl sites for hydroxylation is 1. The van der Waals surface area contributed by atoms with Crippen LogP contribution in [0.4, 0.5) is 5.69 Å². The number of amides is 2. The Bertz CT molecular complexity index is 948. The van der Waals surface area contributed by atoms with Gasteiger partial charge in [-0.15, -0.1) is 0 Å². The van der Waals surface area contributed by atoms with Crippen LogP contribution in [0.5, 0.6) is 0 Å². The molecular weight excluding hydrogens is 312 g/mol. The molecule has 2 amide bonds. The normalized spacial score (nSPS) is 33.4. The molecule has 1 aromatic heterocycles. The monoisotopic (exact) mass is 332 g/mol. The molecule has 5 unspecified atom stereocenters. The molecule has 0 radical (unpaired) electrons. The Kier molecular flexibility index (Phi) is 2.97. The fourth-order valence-corrected chi connectivity index (χ4v) is 5.07. The SMILES string of the molecule is Cc1ccc2cccc(N3C(=O)C4C5C=CC(C)C(C5)C4C3=O)c2n1. The van der Waals surface area contributed by atoms with Gasteiger partial charge in [-0.1, -0.05) is 37.3 Å². The predicted octanol–water partition coefficient (Wildman–Crippen LogP) is 3.49. The van der Waals surface area contributed by atoms with Gasteiger partial charge in [-0.2, -0.15) is 0 Å². The van der Waals surface area contributed by atoms with Gasteiger partial charge < -0.3 is 0 Å². The molecule has 2 aromatic rings. The lowest BCUT2D eigenvalue weighted by Gasteiger charge is -2.26. The molecule has 3 aliphatic rings. The predicted molar refractivity (Wildman–Crippen MR) is 95.9 cm³/mol. The lowest BCUT2D eigenvalue weighted by molar-refractivity contribution is -0.123. The van der Waals surface area contributed by atoms with E-state index in [1.807, 2.05) is 37.3 Å². The molecule has 1 aromatic carbocycles. The van der Waals surface area contributed by atoms with E-state index in [0.29, 0.717) is 11.6 Å². The summed E-state index contributed by atoms with van der Waals surface area (Å²) in [5.41, 5.74) is 2.26. The third-order valence-corrected chi connectivity index (χ3v) is 6.28. The van der Waals surface area contributed by atoms with Crippen LogP contribution in [0.3, 0.4) is 0 Å². The number of nitrogens with zero attached hydrogens (tertiary/aromatic N) is 2. The summed E-state index contributed by atoms with van der Waals surface area (Å²) in [6.45, 7) is 4.08. The summed E-state index contributed by atoms with van der Waals surface area (Å²) >= 11 is 0. The number of carbonyl (C=O) groups is 2. The van der Waals surface area contributed by atoms with Crippen molar-refractivity contribution in [1.82, 2.24) is 4.98 Å². The Labute approximate surface area is 146 Å². The number of rotatable bonds is 1. The van der Waals surface area contributed by atoms with Crippen molar-refractivity contribution in [3.05, 3.63) is 48.2 Å². The smallest absolute Gasteiger partial charge is 0.238 e. The zero-order valence-electron chi connectivity index (χ0n) is 14.3. The van der Waals surface area contributed by atoms with Gasteiger partial charge in [0.25, 0.3) is 0 Å². The van der Waals surface area contributed by atoms with E-state index in [0.717, 1.165) is 23.0 Å². The summed E-state index contributed by atoms with van der Waals surface area (Å²) < 4.78 is 0. The number of hydrogen-bond donors (Lipinski definition) is 0. The highest BCUT2D eigenvalue weighted by Crippen LogP contribution is 2.54. The van der Waals surface area contributed by atoms with E-state index in [9.17, 15) is 9.59 Å². The van der Waals surface area contributed by atoms with Crippen LogP contribution in [0.25, 0.3) is 10.9 Å². The topological polar surface area (TPSA) is 50.3 Å². The first-order valence-electron chi connectivity index (χ1n) is 8.99. The molecule has 2 heterocycles. The number of anilines is 1. The molecule has 5 rings (SSSR count). The van der Waals surface area contributed by atoms with Crippen molar-refractivity contribution in [3.8, 4) is 0 Å². The van der Waals surface area contributed by atoms with Crippen LogP contribution in [0.15, 0.2) is 42.5 Å². The van der Waals surface area contributed by atoms with Crippen molar-refractivity contribution in [3.63, 3.8) is 0 Å². The van der Waals surface area contributed by atoms with Crippen LogP contribution in [0.1, 0.15) is 19.0 Å². The maximum atomic E-state index is 13.3. The van der Waals surface area contributed by atoms with Gasteiger partial charge in [0.15, 0.2) is 0 Å². The van der Waals surface area contributed by atoms with Crippen molar-refractivity contribution < 1.29 is 9.59 Å². The molecule has 1 saturated carbocycles. The van der Waals surface area contributed by atoms with Crippen LogP contribution in [0.2, 0.25) is 0 Å². The van der Waals surface area contributed by atoms with Crippen molar-refractivity contribution in [2.45, 2.75) is 20.3 Å². The number of benzene rings is 1. The number of hydrogen-bond acceptors (Lipinski definition) is 3. The molecule has 126 valence electrons. The summed E-state index contributed by atoms with van der Waals surface area (Å²) in [6, 6.07) is 9.65. The molecule has 1 saturated heterocycles. The van der Waals surface area contributed by atoms with Crippen molar-refractivity contribution in [2.75, 3.05) is 4.90 Å². The molecule has 0 spiro atoms. The minimum Gasteiger partial charge on any atom is -0.274 e. The van der Waals surface area contributed by atoms with Crippen LogP contribution in [-0.4, -0.2) is 16.8 Å². The van der Waals surface area contributed by atoms with Gasteiger partial charge >= 0.3 is 0 Å². The zero-order chi connectivity index (χ0) is 17.3. The highest BCUT2D eigenvalue weighted by Gasteiger charge is 2.60. The summed E-state index contributed by atoms with van der Waals surface area (Å²) in [5, 5.41) is 0.953. The van der Waals surface area contributed by atoms with E-state index in [-0.39, 0.29) is 35.5 Å². The van der Waals surface area contributed by atoms with Gasteiger partial charge in [-0.25, -0.2) is 4.90 Å². The summed E-state index contributed by atoms with van der Waals surface area (Å²) in [7, 11) is 0. The molecule has 1 aliphatic heterocycles. The lowest BCUT2D eigenvalue weighted by Crippen LogP contribution is -2.35. The molecule has 4 heteroatoms. The molecule has 25 heavy (non-hydrogen) atoms. The Morgan fingerprint density at radius 3 is 2.68 bits per heavy atom. The molecule has 2 aliphatic carbocycles. The lowest BCUT2D eigenvalue weighted by atomic mass is 9.82. The Balaban J connectivity index is 1.65. The third-order valence-electron chi connectivity index (χ3n) is 6.28. The van der Waals surface area contributed by atoms with Crippen molar-refractivity contribution in [2.24, 2.45) is 29.6 Å². The second-order valence-corrected chi connectivity index (χ2v) is 7.67. The largest absolute Gasteiger partial charge is 0.274 e. The van der Waals surface area contributed by atoms with Crippen LogP contribution in [-0.2, 0) is 9.59 Å². The highest BCUT2D eigenvalue weighted by molar-refractivity contribution is 6.25. The summed E-state index contributed by atoms with van der Waals surface area (Å²) in [5.74, 6) is 0.395. The Morgan fingerprint density at radius 2 is 1.84 bits per heavy atom. The average molecular weight is 332 g/mol. The second-order valence-electron chi connectivity index (χ2n) is 7.67. The zero-order valence-corrected chi connectivity index (χ0v) is 14.3. The first-order chi connectivity index (χ1) is 12.1. The van der Waals surface area contributed by atoms with E-state index in [2.05, 4.69) is 24.1 Å². The fraction of sp³-hybridized carbons (Fsp3) is 0.381. The quantitative estimate of drug-likeness (QED) is 0.593. The maximum Gasteiger partial charge on any atom is 0.238 e. The number of para-hydroxylation sites is 1. The van der Waals surface area contributed by atoms with Crippen molar-refractivity contribution >= 4 is 28.4 Å². The number of pyridine rings is 1. The highest BCUT2D eigenvalue weighted by atomic mass is 16.2. The van der Waals surface area contributed by atoms with Crippen LogP contribution in [0, 0.1) is 36.5 Å². The Morgan fingerprint density at radius 1 is 1.04 bits per heavy atom. The second kappa shape index (κ2) is 5.01. The Hall–Kier alpha value is -2.49. The van der Waals surface area contributed by atoms with E-state index < -0.39 is 0 Å². The van der Waals surface area contributed by atoms with Gasteiger partial charge in [-0.05, 0) is 43.2 Å². The number of allylic oxidation sites excluding steroid dienone is 2. The summed E-state index contributed by atoms with van der Waals surface area (Å²) in [4.78, 5) is 32.5. The first kappa shape index (κ1) is 14.8. The van der Waals surface area contributed by atoms with Crippen molar-refractivity contribution in [1.29, 1.82) is 0 Å². The van der Waals surface area contributed by atoms with Gasteiger partial charge in [-0.3, -0.25) is 14.6 Å². The van der Waals surface area contributed by atoms with E-state index >= 15 is 0 Å². The standard InChI is InChI=1S/C21H20N2O2/c1-11-6-8-14-10-15(11)18-17(14)20(24)23(21(18)25)16-5-3-4-13-9-7-12(2)22-19(13)16/h3-9,11,14-15,17-18H,10H2,1-2H3. The first-order valence-corrected chi connectivity index (χ1v) is 8.99. The van der Waals surface area contributed by atoms with Crippen LogP contribution >= 0.6 is 0 Å². The number of imide groups is 1. The molecular formula is C21H20N2O2. The van der Waals surface area contributed by atoms with Gasteiger partial charge in [0, 0.05) is 11.1 Å². The molecule has 4 nitrogen and oxygen atoms in total. The van der Waals surface area contributed by atoms with Gasteiger partial charge in [0.05, 0.1) is 23.0 Å². The van der Waals surface area contributed by atoms with Gasteiger partial charge in [0.2, 0.25) is 11.8 Å². The number of carbonyl (C=O) groups excluding carboxylic acids is 2. The summed E-state index contributed by atoms with van der Waals surface area (Å²) in [6.07, 6.45) is 5.31. The minimum atomic E-state index is -0.196. The molecule has 2 bridgehead atoms. The van der Waals surface area contributed by atoms with E-state index in [1.54, 1.807) is 0 Å². The molecule has 0 N–H and O–H groups in total. The molecule has 2 fully saturated rings. The average Bonchev–Trinajstić information content (AvgIpc) is 3.05. The van der Waals surface area contributed by atoms with Gasteiger partial charge in [0.1, 0.15) is 0 Å². The van der Waals surface area contributed by atoms with E-state index in [1.165, 1.54) is 4.90 Å². The fourth-order valence-electron chi connectivity index (χ4n) is 5.07. The minimum absolute atomic E-state index is 0.0335. The third kappa shape index (κ3) is 1.91. The van der Waals surface area contributed by atoms with Crippen LogP contribution < -0.4 is 4.90 Å². The maximum absolute atomic E-state index is 13.3. The molecule has 5 atom stereocenters. The van der Waals surface area contributed by atoms with E-state index in [4.69, 9.17) is 0 Å².